The van der Waals surface area contributed by atoms with Gasteiger partial charge in [0.05, 0.1) is 22.3 Å². The molecule has 0 saturated heterocycles. The standard InChI is InChI=1S/C29H20FN7O/c30-21-8-4-10-23(17-21)34-29-32-14-12-24(35-29)26-25-11-1-2-15-37(25)36-27(26)19-6-3-9-22(16-19)33-28(38)20-7-5-13-31-18-20/h1-18H,(H,33,38)(H,32,34,35). The fourth-order valence-corrected chi connectivity index (χ4v) is 4.15. The average molecular weight is 502 g/mol. The second-order valence-electron chi connectivity index (χ2n) is 8.43. The first-order valence-electron chi connectivity index (χ1n) is 11.8. The van der Waals surface area contributed by atoms with Crippen LogP contribution < -0.4 is 10.6 Å². The molecule has 6 rings (SSSR count). The van der Waals surface area contributed by atoms with E-state index < -0.39 is 0 Å². The van der Waals surface area contributed by atoms with Crippen molar-refractivity contribution in [3.8, 4) is 22.5 Å². The minimum absolute atomic E-state index is 0.255. The van der Waals surface area contributed by atoms with Gasteiger partial charge in [-0.1, -0.05) is 24.3 Å². The molecule has 0 spiro atoms. The average Bonchev–Trinajstić information content (AvgIpc) is 3.34. The molecule has 2 N–H and O–H groups in total. The van der Waals surface area contributed by atoms with Gasteiger partial charge in [0.1, 0.15) is 11.5 Å². The number of hydrogen-bond donors (Lipinski definition) is 2. The van der Waals surface area contributed by atoms with Gasteiger partial charge in [-0.05, 0) is 60.7 Å². The van der Waals surface area contributed by atoms with E-state index in [1.807, 2.05) is 48.7 Å². The molecule has 6 aromatic rings. The van der Waals surface area contributed by atoms with Crippen LogP contribution in [-0.2, 0) is 0 Å². The molecule has 0 atom stereocenters. The zero-order valence-electron chi connectivity index (χ0n) is 19.9. The van der Waals surface area contributed by atoms with Gasteiger partial charge in [-0.3, -0.25) is 9.78 Å². The summed E-state index contributed by atoms with van der Waals surface area (Å²) >= 11 is 0. The number of aromatic nitrogens is 5. The molecule has 0 aliphatic carbocycles. The number of amides is 1. The lowest BCUT2D eigenvalue weighted by atomic mass is 10.0. The van der Waals surface area contributed by atoms with Crippen molar-refractivity contribution in [2.45, 2.75) is 0 Å². The fraction of sp³-hybridized carbons (Fsp3) is 0. The molecule has 4 aromatic heterocycles. The molecular weight excluding hydrogens is 481 g/mol. The van der Waals surface area contributed by atoms with E-state index in [9.17, 15) is 9.18 Å². The lowest BCUT2D eigenvalue weighted by molar-refractivity contribution is 0.102. The zero-order valence-corrected chi connectivity index (χ0v) is 19.9. The normalized spacial score (nSPS) is 10.9. The number of nitrogens with zero attached hydrogens (tertiary/aromatic N) is 5. The maximum atomic E-state index is 13.7. The van der Waals surface area contributed by atoms with E-state index in [0.717, 1.165) is 16.6 Å². The van der Waals surface area contributed by atoms with E-state index in [-0.39, 0.29) is 11.7 Å². The third-order valence-corrected chi connectivity index (χ3v) is 5.85. The predicted octanol–water partition coefficient (Wildman–Crippen LogP) is 5.99. The van der Waals surface area contributed by atoms with Gasteiger partial charge in [-0.15, -0.1) is 0 Å². The van der Waals surface area contributed by atoms with Gasteiger partial charge < -0.3 is 10.6 Å². The fourth-order valence-electron chi connectivity index (χ4n) is 4.15. The Morgan fingerprint density at radius 2 is 1.76 bits per heavy atom. The van der Waals surface area contributed by atoms with Gasteiger partial charge in [0.2, 0.25) is 5.95 Å². The third-order valence-electron chi connectivity index (χ3n) is 5.85. The van der Waals surface area contributed by atoms with Crippen LogP contribution in [0.1, 0.15) is 10.4 Å². The van der Waals surface area contributed by atoms with Crippen molar-refractivity contribution in [1.29, 1.82) is 0 Å². The van der Waals surface area contributed by atoms with Crippen molar-refractivity contribution < 1.29 is 9.18 Å². The summed E-state index contributed by atoms with van der Waals surface area (Å²) in [5.41, 5.74) is 5.39. The molecule has 0 aliphatic rings. The van der Waals surface area contributed by atoms with Crippen molar-refractivity contribution in [3.63, 3.8) is 0 Å². The number of carbonyl (C=O) groups is 1. The predicted molar refractivity (Wildman–Crippen MR) is 144 cm³/mol. The maximum Gasteiger partial charge on any atom is 0.257 e. The number of benzene rings is 2. The Morgan fingerprint density at radius 3 is 2.63 bits per heavy atom. The molecule has 0 fully saturated rings. The number of pyridine rings is 2. The summed E-state index contributed by atoms with van der Waals surface area (Å²) in [6.45, 7) is 0. The lowest BCUT2D eigenvalue weighted by Crippen LogP contribution is -2.11. The quantitative estimate of drug-likeness (QED) is 0.291. The monoisotopic (exact) mass is 501 g/mol. The molecule has 0 saturated carbocycles. The van der Waals surface area contributed by atoms with Crippen LogP contribution in [0.15, 0.2) is 110 Å². The van der Waals surface area contributed by atoms with Crippen LogP contribution in [0.3, 0.4) is 0 Å². The number of carbonyl (C=O) groups excluding carboxylic acids is 1. The van der Waals surface area contributed by atoms with Crippen LogP contribution in [0.25, 0.3) is 28.0 Å². The molecule has 4 heterocycles. The van der Waals surface area contributed by atoms with Crippen LogP contribution in [0.2, 0.25) is 0 Å². The van der Waals surface area contributed by atoms with Crippen LogP contribution in [0, 0.1) is 5.82 Å². The number of nitrogens with one attached hydrogen (secondary N) is 2. The largest absolute Gasteiger partial charge is 0.324 e. The van der Waals surface area contributed by atoms with Gasteiger partial charge in [-0.2, -0.15) is 5.10 Å². The van der Waals surface area contributed by atoms with Crippen molar-refractivity contribution in [3.05, 3.63) is 121 Å². The van der Waals surface area contributed by atoms with E-state index in [1.165, 1.54) is 18.3 Å². The van der Waals surface area contributed by atoms with Crippen molar-refractivity contribution >= 4 is 28.7 Å². The van der Waals surface area contributed by atoms with E-state index in [2.05, 4.69) is 20.6 Å². The van der Waals surface area contributed by atoms with Gasteiger partial charge in [0.25, 0.3) is 5.91 Å². The summed E-state index contributed by atoms with van der Waals surface area (Å²) in [6.07, 6.45) is 6.65. The van der Waals surface area contributed by atoms with Crippen molar-refractivity contribution in [2.75, 3.05) is 10.6 Å². The molecule has 0 unspecified atom stereocenters. The van der Waals surface area contributed by atoms with Crippen LogP contribution >= 0.6 is 0 Å². The van der Waals surface area contributed by atoms with E-state index in [1.54, 1.807) is 47.2 Å². The molecule has 0 radical (unpaired) electrons. The molecule has 0 bridgehead atoms. The molecule has 2 aromatic carbocycles. The molecule has 184 valence electrons. The minimum atomic E-state index is -0.355. The number of rotatable bonds is 6. The Labute approximate surface area is 216 Å². The first-order valence-corrected chi connectivity index (χ1v) is 11.8. The molecular formula is C29H20FN7O. The number of fused-ring (bicyclic) bond motifs is 1. The Hall–Kier alpha value is -5.44. The summed E-state index contributed by atoms with van der Waals surface area (Å²) in [6, 6.07) is 24.6. The summed E-state index contributed by atoms with van der Waals surface area (Å²) in [5, 5.41) is 10.8. The van der Waals surface area contributed by atoms with Gasteiger partial charge >= 0.3 is 0 Å². The van der Waals surface area contributed by atoms with Crippen LogP contribution in [0.4, 0.5) is 21.7 Å². The number of anilines is 3. The molecule has 0 aliphatic heterocycles. The Morgan fingerprint density at radius 1 is 0.868 bits per heavy atom. The summed E-state index contributed by atoms with van der Waals surface area (Å²) in [4.78, 5) is 25.7. The topological polar surface area (TPSA) is 97.1 Å². The summed E-state index contributed by atoms with van der Waals surface area (Å²) in [7, 11) is 0. The van der Waals surface area contributed by atoms with Gasteiger partial charge in [0, 0.05) is 41.7 Å². The first kappa shape index (κ1) is 23.0. The Bertz CT molecular complexity index is 1770. The lowest BCUT2D eigenvalue weighted by Gasteiger charge is -2.09. The van der Waals surface area contributed by atoms with E-state index >= 15 is 0 Å². The molecule has 9 heteroatoms. The Balaban J connectivity index is 1.40. The SMILES string of the molecule is O=C(Nc1cccc(-c2nn3ccccc3c2-c2ccnc(Nc3cccc(F)c3)n2)c1)c1cccnc1. The smallest absolute Gasteiger partial charge is 0.257 e. The summed E-state index contributed by atoms with van der Waals surface area (Å²) < 4.78 is 15.5. The number of hydrogen-bond acceptors (Lipinski definition) is 6. The van der Waals surface area contributed by atoms with Crippen LogP contribution in [0.5, 0.6) is 0 Å². The van der Waals surface area contributed by atoms with Crippen molar-refractivity contribution in [1.82, 2.24) is 24.6 Å². The van der Waals surface area contributed by atoms with Crippen molar-refractivity contribution in [2.24, 2.45) is 0 Å². The highest BCUT2D eigenvalue weighted by Crippen LogP contribution is 2.35. The molecule has 38 heavy (non-hydrogen) atoms. The first-order chi connectivity index (χ1) is 18.6. The molecule has 8 nitrogen and oxygen atoms in total. The number of halogens is 1. The third kappa shape index (κ3) is 4.68. The van der Waals surface area contributed by atoms with Gasteiger partial charge in [-0.25, -0.2) is 18.9 Å². The maximum absolute atomic E-state index is 13.7. The highest BCUT2D eigenvalue weighted by Gasteiger charge is 2.19. The minimum Gasteiger partial charge on any atom is -0.324 e. The second-order valence-corrected chi connectivity index (χ2v) is 8.43. The van der Waals surface area contributed by atoms with Crippen LogP contribution in [-0.4, -0.2) is 30.5 Å². The highest BCUT2D eigenvalue weighted by molar-refractivity contribution is 6.04. The zero-order chi connectivity index (χ0) is 25.9. The van der Waals surface area contributed by atoms with Gasteiger partial charge in [0.15, 0.2) is 0 Å². The Kier molecular flexibility index (Phi) is 5.99. The summed E-state index contributed by atoms with van der Waals surface area (Å²) in [5.74, 6) is -0.285. The molecule has 1 amide bonds. The van der Waals surface area contributed by atoms with E-state index in [4.69, 9.17) is 10.1 Å². The second kappa shape index (κ2) is 9.90. The van der Waals surface area contributed by atoms with E-state index in [0.29, 0.717) is 34.3 Å². The highest BCUT2D eigenvalue weighted by atomic mass is 19.1.